The highest BCUT2D eigenvalue weighted by molar-refractivity contribution is 5.46. The second-order valence-corrected chi connectivity index (χ2v) is 7.83. The highest BCUT2D eigenvalue weighted by atomic mass is 17.0. The maximum Gasteiger partial charge on any atom is 0.295 e. The Labute approximate surface area is 186 Å². The van der Waals surface area contributed by atoms with E-state index in [4.69, 9.17) is 4.74 Å². The van der Waals surface area contributed by atoms with Crippen LogP contribution < -0.4 is 10.3 Å². The van der Waals surface area contributed by atoms with Gasteiger partial charge in [0.25, 0.3) is 15.7 Å². The molecule has 3 rings (SSSR count). The van der Waals surface area contributed by atoms with Gasteiger partial charge in [-0.15, -0.1) is 20.2 Å². The molecule has 0 amide bonds. The van der Waals surface area contributed by atoms with Crippen LogP contribution in [0.25, 0.3) is 0 Å². The van der Waals surface area contributed by atoms with Crippen LogP contribution in [0.4, 0.5) is 0 Å². The fraction of sp³-hybridized carbons (Fsp3) is 0.400. The van der Waals surface area contributed by atoms with E-state index >= 15 is 0 Å². The molecule has 2 aromatic rings. The van der Waals surface area contributed by atoms with Crippen LogP contribution in [0.15, 0.2) is 41.3 Å². The van der Waals surface area contributed by atoms with Crippen LogP contribution in [0, 0.1) is 31.6 Å². The summed E-state index contributed by atoms with van der Waals surface area (Å²) in [7, 11) is 0. The van der Waals surface area contributed by atoms with Crippen molar-refractivity contribution in [1.29, 1.82) is 5.26 Å². The Hall–Kier alpha value is -4.18. The van der Waals surface area contributed by atoms with Gasteiger partial charge >= 0.3 is 0 Å². The highest BCUT2D eigenvalue weighted by Crippen LogP contribution is 2.41. The normalized spacial score (nSPS) is 19.3. The van der Waals surface area contributed by atoms with Gasteiger partial charge in [0.15, 0.2) is 0 Å². The van der Waals surface area contributed by atoms with Crippen LogP contribution in [0.3, 0.4) is 0 Å². The standard InChI is InChI=1S/C20H20N4O9/c1-20(2)19(26)18(14-9-12(11-21)3-4-16(14)32-20)22-7-5-13(10-17(22)25)15(33-24(29)30)6-8-31-23(27)28/h3-5,7,9-10,15,18-19,26H,6,8H2,1-2H3/t15?,18-,19+/m1/s1. The number of aliphatic hydroxyl groups excluding tert-OH is 1. The summed E-state index contributed by atoms with van der Waals surface area (Å²) >= 11 is 0. The van der Waals surface area contributed by atoms with Crippen molar-refractivity contribution >= 4 is 0 Å². The molecule has 1 aromatic heterocycles. The Morgan fingerprint density at radius 1 is 1.27 bits per heavy atom. The summed E-state index contributed by atoms with van der Waals surface area (Å²) in [6, 6.07) is 8.23. The fourth-order valence-electron chi connectivity index (χ4n) is 3.69. The van der Waals surface area contributed by atoms with Crippen LogP contribution in [0.5, 0.6) is 5.75 Å². The first-order valence-corrected chi connectivity index (χ1v) is 9.75. The first-order chi connectivity index (χ1) is 15.5. The molecular formula is C20H20N4O9. The SMILES string of the molecule is CC1(C)Oc2ccc(C#N)cc2[C@@H](n2ccc(C(CCO[N+](=O)[O-])O[N+](=O)[O-])cc2=O)[C@@H]1O. The van der Waals surface area contributed by atoms with Crippen molar-refractivity contribution in [1.82, 2.24) is 4.57 Å². The molecular weight excluding hydrogens is 440 g/mol. The third-order valence-corrected chi connectivity index (χ3v) is 5.28. The van der Waals surface area contributed by atoms with E-state index in [0.29, 0.717) is 16.9 Å². The number of nitrogens with zero attached hydrogens (tertiary/aromatic N) is 4. The lowest BCUT2D eigenvalue weighted by Gasteiger charge is -2.42. The average Bonchev–Trinajstić information content (AvgIpc) is 2.73. The van der Waals surface area contributed by atoms with Gasteiger partial charge in [0, 0.05) is 24.2 Å². The predicted octanol–water partition coefficient (Wildman–Crippen LogP) is 1.69. The Kier molecular flexibility index (Phi) is 6.50. The van der Waals surface area contributed by atoms with E-state index in [9.17, 15) is 35.4 Å². The minimum Gasteiger partial charge on any atom is -0.485 e. The van der Waals surface area contributed by atoms with Crippen molar-refractivity contribution in [3.63, 3.8) is 0 Å². The predicted molar refractivity (Wildman–Crippen MR) is 109 cm³/mol. The van der Waals surface area contributed by atoms with Gasteiger partial charge in [0.05, 0.1) is 24.3 Å². The van der Waals surface area contributed by atoms with Gasteiger partial charge in [-0.3, -0.25) is 4.79 Å². The molecule has 1 aromatic carbocycles. The molecule has 13 nitrogen and oxygen atoms in total. The van der Waals surface area contributed by atoms with Gasteiger partial charge in [-0.2, -0.15) is 5.26 Å². The summed E-state index contributed by atoms with van der Waals surface area (Å²) in [6.07, 6.45) is -1.38. The van der Waals surface area contributed by atoms with Crippen molar-refractivity contribution in [3.05, 3.63) is 83.8 Å². The smallest absolute Gasteiger partial charge is 0.295 e. The van der Waals surface area contributed by atoms with E-state index in [-0.39, 0.29) is 12.0 Å². The number of fused-ring (bicyclic) bond motifs is 1. The van der Waals surface area contributed by atoms with E-state index in [2.05, 4.69) is 9.68 Å². The molecule has 0 aliphatic carbocycles. The lowest BCUT2D eigenvalue weighted by Crippen LogP contribution is -2.52. The molecule has 174 valence electrons. The minimum absolute atomic E-state index is 0.103. The third kappa shape index (κ3) is 5.01. The number of rotatable bonds is 8. The van der Waals surface area contributed by atoms with Crippen molar-refractivity contribution < 1.29 is 29.7 Å². The number of hydrogen-bond donors (Lipinski definition) is 1. The molecule has 0 spiro atoms. The van der Waals surface area contributed by atoms with Gasteiger partial charge in [-0.1, -0.05) is 0 Å². The van der Waals surface area contributed by atoms with Gasteiger partial charge in [0.2, 0.25) is 0 Å². The maximum absolute atomic E-state index is 13.0. The maximum atomic E-state index is 13.0. The van der Waals surface area contributed by atoms with Crippen LogP contribution in [0.2, 0.25) is 0 Å². The first-order valence-electron chi connectivity index (χ1n) is 9.75. The summed E-state index contributed by atoms with van der Waals surface area (Å²) in [5, 5.41) is 39.3. The summed E-state index contributed by atoms with van der Waals surface area (Å²) < 4.78 is 7.08. The van der Waals surface area contributed by atoms with Gasteiger partial charge in [-0.05, 0) is 43.7 Å². The molecule has 1 N–H and O–H groups in total. The number of pyridine rings is 1. The first kappa shape index (κ1) is 23.5. The van der Waals surface area contributed by atoms with Crippen molar-refractivity contribution in [2.75, 3.05) is 6.61 Å². The van der Waals surface area contributed by atoms with E-state index < -0.39 is 46.2 Å². The Bertz CT molecular complexity index is 1170. The van der Waals surface area contributed by atoms with Crippen molar-refractivity contribution in [2.45, 2.75) is 44.1 Å². The molecule has 1 aliphatic rings. The molecule has 0 bridgehead atoms. The molecule has 0 saturated carbocycles. The van der Waals surface area contributed by atoms with Crippen LogP contribution in [-0.2, 0) is 9.68 Å². The van der Waals surface area contributed by atoms with Crippen LogP contribution in [0.1, 0.15) is 49.1 Å². The van der Waals surface area contributed by atoms with Gasteiger partial charge < -0.3 is 24.1 Å². The molecule has 0 fully saturated rings. The average molecular weight is 460 g/mol. The lowest BCUT2D eigenvalue weighted by atomic mass is 9.85. The molecule has 1 aliphatic heterocycles. The molecule has 0 radical (unpaired) electrons. The topological polar surface area (TPSA) is 180 Å². The Balaban J connectivity index is 2.02. The zero-order valence-corrected chi connectivity index (χ0v) is 17.6. The monoisotopic (exact) mass is 460 g/mol. The van der Waals surface area contributed by atoms with E-state index in [1.54, 1.807) is 26.0 Å². The second kappa shape index (κ2) is 9.13. The second-order valence-electron chi connectivity index (χ2n) is 7.83. The minimum atomic E-state index is -1.28. The van der Waals surface area contributed by atoms with Crippen molar-refractivity contribution in [2.24, 2.45) is 0 Å². The lowest BCUT2D eigenvalue weighted by molar-refractivity contribution is -0.776. The molecule has 0 saturated heterocycles. The van der Waals surface area contributed by atoms with Crippen molar-refractivity contribution in [3.8, 4) is 11.8 Å². The van der Waals surface area contributed by atoms with Gasteiger partial charge in [-0.25, -0.2) is 0 Å². The Morgan fingerprint density at radius 2 is 2.00 bits per heavy atom. The molecule has 2 heterocycles. The number of benzene rings is 1. The number of ether oxygens (including phenoxy) is 1. The third-order valence-electron chi connectivity index (χ3n) is 5.28. The summed E-state index contributed by atoms with van der Waals surface area (Å²) in [5.41, 5.74) is -0.847. The number of nitriles is 1. The Morgan fingerprint density at radius 3 is 2.61 bits per heavy atom. The zero-order valence-electron chi connectivity index (χ0n) is 17.6. The molecule has 13 heteroatoms. The molecule has 33 heavy (non-hydrogen) atoms. The van der Waals surface area contributed by atoms with Crippen LogP contribution in [-0.4, -0.2) is 38.2 Å². The van der Waals surface area contributed by atoms with E-state index in [1.165, 1.54) is 22.9 Å². The quantitative estimate of drug-likeness (QED) is 0.450. The van der Waals surface area contributed by atoms with E-state index in [1.807, 2.05) is 6.07 Å². The summed E-state index contributed by atoms with van der Waals surface area (Å²) in [4.78, 5) is 43.0. The van der Waals surface area contributed by atoms with Crippen LogP contribution >= 0.6 is 0 Å². The zero-order chi connectivity index (χ0) is 24.3. The molecule has 3 atom stereocenters. The largest absolute Gasteiger partial charge is 0.485 e. The number of hydrogen-bond acceptors (Lipinski definition) is 10. The fourth-order valence-corrected chi connectivity index (χ4v) is 3.69. The molecule has 1 unspecified atom stereocenters. The van der Waals surface area contributed by atoms with E-state index in [0.717, 1.165) is 6.07 Å². The summed E-state index contributed by atoms with van der Waals surface area (Å²) in [5.74, 6) is 0.400. The highest BCUT2D eigenvalue weighted by Gasteiger charge is 2.44. The number of aromatic nitrogens is 1. The number of aliphatic hydroxyl groups is 1. The summed E-state index contributed by atoms with van der Waals surface area (Å²) in [6.45, 7) is 2.83. The van der Waals surface area contributed by atoms with Gasteiger partial charge in [0.1, 0.15) is 23.6 Å².